The van der Waals surface area contributed by atoms with Gasteiger partial charge in [0.15, 0.2) is 0 Å². The van der Waals surface area contributed by atoms with E-state index in [9.17, 15) is 4.79 Å². The molecule has 1 amide bonds. The van der Waals surface area contributed by atoms with Gasteiger partial charge in [-0.25, -0.2) is 0 Å². The highest BCUT2D eigenvalue weighted by Crippen LogP contribution is 1.99. The number of carbonyl (C=O) groups is 1. The molecular formula is C10H18N2OS. The highest BCUT2D eigenvalue weighted by atomic mass is 32.1. The third kappa shape index (κ3) is 5.70. The van der Waals surface area contributed by atoms with Crippen LogP contribution in [-0.4, -0.2) is 28.9 Å². The van der Waals surface area contributed by atoms with Crippen LogP contribution in [0.4, 0.5) is 0 Å². The Balaban J connectivity index is 4.05. The van der Waals surface area contributed by atoms with Crippen LogP contribution in [0.15, 0.2) is 12.7 Å². The lowest BCUT2D eigenvalue weighted by molar-refractivity contribution is -0.130. The maximum atomic E-state index is 11.5. The molecular weight excluding hydrogens is 196 g/mol. The van der Waals surface area contributed by atoms with Crippen molar-refractivity contribution in [3.63, 3.8) is 0 Å². The molecule has 14 heavy (non-hydrogen) atoms. The maximum Gasteiger partial charge on any atom is 0.222 e. The number of nitrogens with zero attached hydrogens (tertiary/aromatic N) is 1. The standard InChI is InChI=1S/C10H18N2OS/c1-3-5-10(13)12(7-4-2)8-6-9(11)14/h4H,2-3,5-8H2,1H3,(H2,11,14). The Bertz CT molecular complexity index is 216. The molecule has 0 fully saturated rings. The van der Waals surface area contributed by atoms with E-state index in [1.807, 2.05) is 6.92 Å². The summed E-state index contributed by atoms with van der Waals surface area (Å²) in [5, 5.41) is 0. The van der Waals surface area contributed by atoms with Gasteiger partial charge >= 0.3 is 0 Å². The van der Waals surface area contributed by atoms with Crippen molar-refractivity contribution in [1.82, 2.24) is 4.90 Å². The molecule has 0 aliphatic carbocycles. The van der Waals surface area contributed by atoms with Crippen molar-refractivity contribution in [2.24, 2.45) is 5.73 Å². The molecule has 0 atom stereocenters. The van der Waals surface area contributed by atoms with Gasteiger partial charge in [0.2, 0.25) is 5.91 Å². The second-order valence-electron chi connectivity index (χ2n) is 3.09. The van der Waals surface area contributed by atoms with Crippen LogP contribution in [0.25, 0.3) is 0 Å². The van der Waals surface area contributed by atoms with E-state index in [2.05, 4.69) is 6.58 Å². The first kappa shape index (κ1) is 13.1. The maximum absolute atomic E-state index is 11.5. The lowest BCUT2D eigenvalue weighted by Gasteiger charge is -2.20. The Morgan fingerprint density at radius 3 is 2.64 bits per heavy atom. The highest BCUT2D eigenvalue weighted by molar-refractivity contribution is 7.80. The summed E-state index contributed by atoms with van der Waals surface area (Å²) in [6.45, 7) is 6.76. The van der Waals surface area contributed by atoms with Gasteiger partial charge in [0.25, 0.3) is 0 Å². The van der Waals surface area contributed by atoms with E-state index in [4.69, 9.17) is 18.0 Å². The van der Waals surface area contributed by atoms with E-state index in [0.29, 0.717) is 30.9 Å². The summed E-state index contributed by atoms with van der Waals surface area (Å²) in [5.74, 6) is 0.142. The summed E-state index contributed by atoms with van der Waals surface area (Å²) >= 11 is 4.76. The fourth-order valence-electron chi connectivity index (χ4n) is 1.09. The smallest absolute Gasteiger partial charge is 0.222 e. The third-order valence-electron chi connectivity index (χ3n) is 1.79. The van der Waals surface area contributed by atoms with Gasteiger partial charge in [0.05, 0.1) is 4.99 Å². The summed E-state index contributed by atoms with van der Waals surface area (Å²) in [6.07, 6.45) is 3.73. The van der Waals surface area contributed by atoms with Gasteiger partial charge in [-0.05, 0) is 6.42 Å². The average molecular weight is 214 g/mol. The van der Waals surface area contributed by atoms with Crippen molar-refractivity contribution < 1.29 is 4.79 Å². The summed E-state index contributed by atoms with van der Waals surface area (Å²) in [6, 6.07) is 0. The number of thiocarbonyl (C=S) groups is 1. The van der Waals surface area contributed by atoms with Crippen LogP contribution >= 0.6 is 12.2 Å². The van der Waals surface area contributed by atoms with Crippen LogP contribution in [-0.2, 0) is 4.79 Å². The molecule has 3 nitrogen and oxygen atoms in total. The topological polar surface area (TPSA) is 46.3 Å². The third-order valence-corrected chi connectivity index (χ3v) is 2.00. The summed E-state index contributed by atoms with van der Waals surface area (Å²) in [7, 11) is 0. The predicted octanol–water partition coefficient (Wildman–Crippen LogP) is 1.48. The number of rotatable bonds is 7. The van der Waals surface area contributed by atoms with Gasteiger partial charge in [-0.2, -0.15) is 0 Å². The van der Waals surface area contributed by atoms with Gasteiger partial charge < -0.3 is 10.6 Å². The Labute approximate surface area is 91.0 Å². The van der Waals surface area contributed by atoms with Crippen molar-refractivity contribution >= 4 is 23.1 Å². The Hall–Kier alpha value is -0.900. The molecule has 0 aromatic carbocycles. The molecule has 0 heterocycles. The molecule has 0 aromatic heterocycles. The molecule has 0 saturated carbocycles. The molecule has 0 saturated heterocycles. The average Bonchev–Trinajstić information content (AvgIpc) is 2.12. The first-order valence-electron chi connectivity index (χ1n) is 4.78. The second kappa shape index (κ2) is 7.50. The van der Waals surface area contributed by atoms with E-state index in [-0.39, 0.29) is 5.91 Å². The van der Waals surface area contributed by atoms with E-state index in [0.717, 1.165) is 6.42 Å². The SMILES string of the molecule is C=CCN(CCC(N)=S)C(=O)CCC. The monoisotopic (exact) mass is 214 g/mol. The van der Waals surface area contributed by atoms with E-state index >= 15 is 0 Å². The molecule has 0 aliphatic rings. The van der Waals surface area contributed by atoms with Crippen molar-refractivity contribution in [3.05, 3.63) is 12.7 Å². The minimum absolute atomic E-state index is 0.142. The Kier molecular flexibility index (Phi) is 7.02. The number of hydrogen-bond acceptors (Lipinski definition) is 2. The van der Waals surface area contributed by atoms with Crippen molar-refractivity contribution in [1.29, 1.82) is 0 Å². The highest BCUT2D eigenvalue weighted by Gasteiger charge is 2.10. The van der Waals surface area contributed by atoms with Gasteiger partial charge in [-0.3, -0.25) is 4.79 Å². The number of nitrogens with two attached hydrogens (primary N) is 1. The first-order valence-corrected chi connectivity index (χ1v) is 5.19. The molecule has 0 aliphatic heterocycles. The van der Waals surface area contributed by atoms with E-state index in [1.165, 1.54) is 0 Å². The van der Waals surface area contributed by atoms with Crippen LogP contribution < -0.4 is 5.73 Å². The van der Waals surface area contributed by atoms with Crippen LogP contribution in [0, 0.1) is 0 Å². The zero-order valence-corrected chi connectivity index (χ0v) is 9.48. The van der Waals surface area contributed by atoms with Crippen molar-refractivity contribution in [2.75, 3.05) is 13.1 Å². The first-order chi connectivity index (χ1) is 6.61. The van der Waals surface area contributed by atoms with Gasteiger partial charge in [-0.1, -0.05) is 25.2 Å². The van der Waals surface area contributed by atoms with Gasteiger partial charge in [0, 0.05) is 25.9 Å². The van der Waals surface area contributed by atoms with Crippen molar-refractivity contribution in [2.45, 2.75) is 26.2 Å². The lowest BCUT2D eigenvalue weighted by atomic mass is 10.2. The molecule has 0 aromatic rings. The summed E-state index contributed by atoms with van der Waals surface area (Å²) in [5.41, 5.74) is 5.38. The second-order valence-corrected chi connectivity index (χ2v) is 3.62. The molecule has 0 rings (SSSR count). The largest absolute Gasteiger partial charge is 0.393 e. The zero-order valence-electron chi connectivity index (χ0n) is 8.66. The fourth-order valence-corrected chi connectivity index (χ4v) is 1.18. The number of carbonyl (C=O) groups excluding carboxylic acids is 1. The quantitative estimate of drug-likeness (QED) is 0.516. The Morgan fingerprint density at radius 1 is 1.57 bits per heavy atom. The van der Waals surface area contributed by atoms with Gasteiger partial charge in [-0.15, -0.1) is 6.58 Å². The minimum atomic E-state index is 0.142. The number of hydrogen-bond donors (Lipinski definition) is 1. The summed E-state index contributed by atoms with van der Waals surface area (Å²) in [4.78, 5) is 13.7. The zero-order chi connectivity index (χ0) is 11.0. The molecule has 4 heteroatoms. The Morgan fingerprint density at radius 2 is 2.21 bits per heavy atom. The van der Waals surface area contributed by atoms with Crippen LogP contribution in [0.1, 0.15) is 26.2 Å². The van der Waals surface area contributed by atoms with Crippen LogP contribution in [0.2, 0.25) is 0 Å². The molecule has 2 N–H and O–H groups in total. The van der Waals surface area contributed by atoms with Gasteiger partial charge in [0.1, 0.15) is 0 Å². The minimum Gasteiger partial charge on any atom is -0.393 e. The summed E-state index contributed by atoms with van der Waals surface area (Å²) < 4.78 is 0. The molecule has 0 spiro atoms. The molecule has 0 unspecified atom stereocenters. The number of amides is 1. The molecule has 0 bridgehead atoms. The lowest BCUT2D eigenvalue weighted by Crippen LogP contribution is -2.33. The molecule has 0 radical (unpaired) electrons. The fraction of sp³-hybridized carbons (Fsp3) is 0.600. The normalized spacial score (nSPS) is 9.50. The van der Waals surface area contributed by atoms with Crippen molar-refractivity contribution in [3.8, 4) is 0 Å². The van der Waals surface area contributed by atoms with E-state index < -0.39 is 0 Å². The van der Waals surface area contributed by atoms with Crippen LogP contribution in [0.5, 0.6) is 0 Å². The predicted molar refractivity (Wildman–Crippen MR) is 63.1 cm³/mol. The molecule has 80 valence electrons. The van der Waals surface area contributed by atoms with E-state index in [1.54, 1.807) is 11.0 Å². The van der Waals surface area contributed by atoms with Crippen LogP contribution in [0.3, 0.4) is 0 Å².